The first-order valence-electron chi connectivity index (χ1n) is 7.97. The highest BCUT2D eigenvalue weighted by Crippen LogP contribution is 2.32. The van der Waals surface area contributed by atoms with Gasteiger partial charge in [-0.15, -0.1) is 0 Å². The summed E-state index contributed by atoms with van der Waals surface area (Å²) in [6, 6.07) is 13.8. The number of methoxy groups -OCH3 is 2. The van der Waals surface area contributed by atoms with E-state index in [4.69, 9.17) is 9.47 Å². The Bertz CT molecular complexity index is 755. The van der Waals surface area contributed by atoms with Gasteiger partial charge in [0.15, 0.2) is 11.7 Å². The van der Waals surface area contributed by atoms with Gasteiger partial charge in [-0.1, -0.05) is 42.5 Å². The maximum absolute atomic E-state index is 13.3. The average molecular weight is 358 g/mol. The molecular weight excluding hydrogens is 339 g/mol. The number of benzene rings is 2. The van der Waals surface area contributed by atoms with E-state index in [0.29, 0.717) is 11.1 Å². The molecule has 5 nitrogen and oxygen atoms in total. The van der Waals surface area contributed by atoms with Crippen LogP contribution in [0.1, 0.15) is 28.3 Å². The van der Waals surface area contributed by atoms with Crippen molar-refractivity contribution in [1.82, 2.24) is 0 Å². The van der Waals surface area contributed by atoms with E-state index < -0.39 is 29.6 Å². The summed E-state index contributed by atoms with van der Waals surface area (Å²) < 4.78 is 22.7. The van der Waals surface area contributed by atoms with Crippen molar-refractivity contribution in [2.24, 2.45) is 5.92 Å². The van der Waals surface area contributed by atoms with Crippen LogP contribution in [0.3, 0.4) is 0 Å². The van der Waals surface area contributed by atoms with E-state index in [1.54, 1.807) is 30.3 Å². The second-order valence-corrected chi connectivity index (χ2v) is 5.68. The van der Waals surface area contributed by atoms with E-state index in [9.17, 15) is 18.8 Å². The third-order valence-corrected chi connectivity index (χ3v) is 4.11. The molecule has 2 aromatic carbocycles. The quantitative estimate of drug-likeness (QED) is 0.432. The van der Waals surface area contributed by atoms with Gasteiger partial charge in [-0.25, -0.2) is 4.39 Å². The van der Waals surface area contributed by atoms with Crippen molar-refractivity contribution in [2.75, 3.05) is 14.2 Å². The van der Waals surface area contributed by atoms with Crippen molar-refractivity contribution in [1.29, 1.82) is 0 Å². The van der Waals surface area contributed by atoms with Gasteiger partial charge in [0, 0.05) is 17.9 Å². The summed E-state index contributed by atoms with van der Waals surface area (Å²) >= 11 is 0. The summed E-state index contributed by atoms with van der Waals surface area (Å²) in [5, 5.41) is 0. The van der Waals surface area contributed by atoms with Crippen LogP contribution in [0.5, 0.6) is 0 Å². The molecule has 136 valence electrons. The number of rotatable bonds is 7. The molecule has 1 atom stereocenters. The topological polar surface area (TPSA) is 69.7 Å². The summed E-state index contributed by atoms with van der Waals surface area (Å²) in [5.41, 5.74) is 0.921. The summed E-state index contributed by atoms with van der Waals surface area (Å²) in [6.45, 7) is 0. The predicted molar refractivity (Wildman–Crippen MR) is 92.1 cm³/mol. The van der Waals surface area contributed by atoms with Crippen molar-refractivity contribution in [2.45, 2.75) is 12.3 Å². The molecule has 0 N–H and O–H groups in total. The van der Waals surface area contributed by atoms with E-state index in [2.05, 4.69) is 0 Å². The number of carbonyl (C=O) groups is 3. The van der Waals surface area contributed by atoms with E-state index in [1.165, 1.54) is 24.3 Å². The molecule has 0 amide bonds. The lowest BCUT2D eigenvalue weighted by Crippen LogP contribution is -2.33. The number of carbonyl (C=O) groups excluding carboxylic acids is 3. The lowest BCUT2D eigenvalue weighted by atomic mass is 9.81. The summed E-state index contributed by atoms with van der Waals surface area (Å²) in [5.74, 6) is -4.52. The summed E-state index contributed by atoms with van der Waals surface area (Å²) in [6.07, 6.45) is -0.134. The molecule has 0 radical (unpaired) electrons. The van der Waals surface area contributed by atoms with E-state index in [0.717, 1.165) is 14.2 Å². The van der Waals surface area contributed by atoms with Crippen molar-refractivity contribution in [3.05, 3.63) is 71.5 Å². The maximum atomic E-state index is 13.3. The molecule has 0 aromatic heterocycles. The molecule has 0 aliphatic rings. The van der Waals surface area contributed by atoms with Gasteiger partial charge in [-0.05, 0) is 17.7 Å². The Kier molecular flexibility index (Phi) is 6.60. The second-order valence-electron chi connectivity index (χ2n) is 5.68. The molecule has 6 heteroatoms. The SMILES string of the molecule is COC(=O)C(C(=O)OC)[C@H](CC(=O)c1ccccc1)c1ccc(F)cc1. The molecular formula is C20H19FO5. The Balaban J connectivity index is 2.43. The predicted octanol–water partition coefficient (Wildman–Crippen LogP) is 3.14. The Morgan fingerprint density at radius 2 is 1.42 bits per heavy atom. The summed E-state index contributed by atoms with van der Waals surface area (Å²) in [4.78, 5) is 37.1. The number of hydrogen-bond donors (Lipinski definition) is 0. The third kappa shape index (κ3) is 4.53. The first kappa shape index (κ1) is 19.3. The van der Waals surface area contributed by atoms with Crippen LogP contribution in [0.2, 0.25) is 0 Å². The van der Waals surface area contributed by atoms with Gasteiger partial charge in [0.25, 0.3) is 0 Å². The van der Waals surface area contributed by atoms with E-state index in [1.807, 2.05) is 0 Å². The van der Waals surface area contributed by atoms with Crippen LogP contribution in [-0.2, 0) is 19.1 Å². The number of hydrogen-bond acceptors (Lipinski definition) is 5. The molecule has 0 heterocycles. The van der Waals surface area contributed by atoms with Crippen LogP contribution >= 0.6 is 0 Å². The van der Waals surface area contributed by atoms with Crippen LogP contribution in [0, 0.1) is 11.7 Å². The Hall–Kier alpha value is -3.02. The van der Waals surface area contributed by atoms with Gasteiger partial charge in [-0.2, -0.15) is 0 Å². The van der Waals surface area contributed by atoms with Crippen LogP contribution in [0.25, 0.3) is 0 Å². The Labute approximate surface area is 150 Å². The van der Waals surface area contributed by atoms with E-state index in [-0.39, 0.29) is 12.2 Å². The molecule has 2 rings (SSSR count). The molecule has 0 aliphatic heterocycles. The first-order chi connectivity index (χ1) is 12.5. The fourth-order valence-corrected chi connectivity index (χ4v) is 2.76. The van der Waals surface area contributed by atoms with E-state index >= 15 is 0 Å². The Morgan fingerprint density at radius 3 is 1.92 bits per heavy atom. The van der Waals surface area contributed by atoms with Crippen molar-refractivity contribution in [3.8, 4) is 0 Å². The van der Waals surface area contributed by atoms with Gasteiger partial charge in [-0.3, -0.25) is 14.4 Å². The molecule has 0 saturated carbocycles. The second kappa shape index (κ2) is 8.89. The van der Waals surface area contributed by atoms with Gasteiger partial charge in [0.05, 0.1) is 14.2 Å². The number of ketones is 1. The van der Waals surface area contributed by atoms with Crippen LogP contribution in [-0.4, -0.2) is 31.9 Å². The lowest BCUT2D eigenvalue weighted by Gasteiger charge is -2.23. The standard InChI is InChI=1S/C20H19FO5/c1-25-19(23)18(20(24)26-2)16(13-8-10-15(21)11-9-13)12-17(22)14-6-4-3-5-7-14/h3-11,16,18H,12H2,1-2H3/t16-/m1/s1. The minimum absolute atomic E-state index is 0.134. The third-order valence-electron chi connectivity index (χ3n) is 4.11. The van der Waals surface area contributed by atoms with Crippen LogP contribution in [0.15, 0.2) is 54.6 Å². The number of ether oxygens (including phenoxy) is 2. The highest BCUT2D eigenvalue weighted by molar-refractivity contribution is 6.00. The number of esters is 2. The zero-order valence-corrected chi connectivity index (χ0v) is 14.5. The lowest BCUT2D eigenvalue weighted by molar-refractivity contribution is -0.159. The normalized spacial score (nSPS) is 11.7. The molecule has 0 unspecified atom stereocenters. The molecule has 0 aliphatic carbocycles. The Morgan fingerprint density at radius 1 is 0.885 bits per heavy atom. The molecule has 0 spiro atoms. The van der Waals surface area contributed by atoms with Gasteiger partial charge in [0.2, 0.25) is 0 Å². The molecule has 0 fully saturated rings. The monoisotopic (exact) mass is 358 g/mol. The van der Waals surface area contributed by atoms with Gasteiger partial charge in [0.1, 0.15) is 5.82 Å². The maximum Gasteiger partial charge on any atom is 0.320 e. The highest BCUT2D eigenvalue weighted by Gasteiger charge is 2.39. The van der Waals surface area contributed by atoms with Crippen LogP contribution < -0.4 is 0 Å². The van der Waals surface area contributed by atoms with Crippen molar-refractivity contribution in [3.63, 3.8) is 0 Å². The molecule has 26 heavy (non-hydrogen) atoms. The van der Waals surface area contributed by atoms with Crippen molar-refractivity contribution < 1.29 is 28.2 Å². The molecule has 0 bridgehead atoms. The van der Waals surface area contributed by atoms with Gasteiger partial charge >= 0.3 is 11.9 Å². The number of Topliss-reactive ketones (excluding diaryl/α,β-unsaturated/α-hetero) is 1. The van der Waals surface area contributed by atoms with Crippen molar-refractivity contribution >= 4 is 17.7 Å². The molecule has 2 aromatic rings. The van der Waals surface area contributed by atoms with Gasteiger partial charge < -0.3 is 9.47 Å². The first-order valence-corrected chi connectivity index (χ1v) is 7.97. The largest absolute Gasteiger partial charge is 0.468 e. The summed E-state index contributed by atoms with van der Waals surface area (Å²) in [7, 11) is 2.30. The minimum atomic E-state index is -1.33. The number of halogens is 1. The smallest absolute Gasteiger partial charge is 0.320 e. The van der Waals surface area contributed by atoms with Crippen LogP contribution in [0.4, 0.5) is 4.39 Å². The zero-order chi connectivity index (χ0) is 19.1. The fraction of sp³-hybridized carbons (Fsp3) is 0.250. The zero-order valence-electron chi connectivity index (χ0n) is 14.5. The minimum Gasteiger partial charge on any atom is -0.468 e. The average Bonchev–Trinajstić information content (AvgIpc) is 2.68. The molecule has 0 saturated heterocycles. The highest BCUT2D eigenvalue weighted by atomic mass is 19.1. The fourth-order valence-electron chi connectivity index (χ4n) is 2.76.